The highest BCUT2D eigenvalue weighted by Crippen LogP contribution is 2.34. The molecule has 68 valence electrons. The van der Waals surface area contributed by atoms with Crippen molar-refractivity contribution in [2.24, 2.45) is 0 Å². The third-order valence-corrected chi connectivity index (χ3v) is 2.82. The van der Waals surface area contributed by atoms with Crippen LogP contribution < -0.4 is 0 Å². The Hall–Kier alpha value is -1.31. The zero-order valence-electron chi connectivity index (χ0n) is 7.85. The van der Waals surface area contributed by atoms with Crippen LogP contribution >= 0.6 is 0 Å². The average molecular weight is 176 g/mol. The Morgan fingerprint density at radius 1 is 1.31 bits per heavy atom. The van der Waals surface area contributed by atoms with E-state index in [0.717, 1.165) is 22.3 Å². The molecule has 13 heavy (non-hydrogen) atoms. The quantitative estimate of drug-likeness (QED) is 0.657. The lowest BCUT2D eigenvalue weighted by atomic mass is 10.0. The number of aromatic hydroxyl groups is 1. The number of rotatable bonds is 0. The van der Waals surface area contributed by atoms with Gasteiger partial charge in [-0.05, 0) is 37.5 Å². The summed E-state index contributed by atoms with van der Waals surface area (Å²) in [5.41, 5.74) is 3.45. The molecule has 1 aliphatic carbocycles. The number of Topliss-reactive ketones (excluding diaryl/α,β-unsaturated/α-hetero) is 1. The van der Waals surface area contributed by atoms with E-state index in [0.29, 0.717) is 18.6 Å². The van der Waals surface area contributed by atoms with Crippen LogP contribution in [0, 0.1) is 13.8 Å². The van der Waals surface area contributed by atoms with Gasteiger partial charge < -0.3 is 5.11 Å². The largest absolute Gasteiger partial charge is 0.507 e. The zero-order valence-corrected chi connectivity index (χ0v) is 7.85. The van der Waals surface area contributed by atoms with Crippen LogP contribution in [0.2, 0.25) is 0 Å². The second-order valence-corrected chi connectivity index (χ2v) is 3.62. The molecule has 1 aromatic rings. The Kier molecular flexibility index (Phi) is 1.65. The lowest BCUT2D eigenvalue weighted by Crippen LogP contribution is -1.94. The van der Waals surface area contributed by atoms with E-state index < -0.39 is 0 Å². The molecule has 0 amide bonds. The number of hydrogen-bond acceptors (Lipinski definition) is 2. The Labute approximate surface area is 77.2 Å². The average Bonchev–Trinajstić information content (AvgIpc) is 2.45. The van der Waals surface area contributed by atoms with Crippen LogP contribution in [0.1, 0.15) is 33.5 Å². The smallest absolute Gasteiger partial charge is 0.163 e. The monoisotopic (exact) mass is 176 g/mol. The normalized spacial score (nSPS) is 14.8. The highest BCUT2D eigenvalue weighted by Gasteiger charge is 2.24. The van der Waals surface area contributed by atoms with Gasteiger partial charge in [-0.3, -0.25) is 4.79 Å². The Morgan fingerprint density at radius 2 is 2.00 bits per heavy atom. The second-order valence-electron chi connectivity index (χ2n) is 3.62. The van der Waals surface area contributed by atoms with Crippen molar-refractivity contribution >= 4 is 5.78 Å². The minimum Gasteiger partial charge on any atom is -0.507 e. The van der Waals surface area contributed by atoms with Crippen LogP contribution in [-0.2, 0) is 6.42 Å². The van der Waals surface area contributed by atoms with Gasteiger partial charge in [0.25, 0.3) is 0 Å². The first-order valence-electron chi connectivity index (χ1n) is 4.46. The Morgan fingerprint density at radius 3 is 2.69 bits per heavy atom. The molecule has 0 saturated heterocycles. The van der Waals surface area contributed by atoms with Crippen LogP contribution in [0.25, 0.3) is 0 Å². The molecule has 2 rings (SSSR count). The number of carbonyl (C=O) groups is 1. The number of aryl methyl sites for hydroxylation is 1. The fourth-order valence-electron chi connectivity index (χ4n) is 1.83. The molecule has 0 spiro atoms. The molecule has 0 fully saturated rings. The van der Waals surface area contributed by atoms with Gasteiger partial charge in [0.05, 0.1) is 0 Å². The van der Waals surface area contributed by atoms with E-state index >= 15 is 0 Å². The highest BCUT2D eigenvalue weighted by atomic mass is 16.3. The summed E-state index contributed by atoms with van der Waals surface area (Å²) in [6.45, 7) is 3.80. The van der Waals surface area contributed by atoms with E-state index in [1.165, 1.54) is 0 Å². The van der Waals surface area contributed by atoms with Crippen molar-refractivity contribution in [3.8, 4) is 5.75 Å². The predicted octanol–water partition coefficient (Wildman–Crippen LogP) is 2.14. The van der Waals surface area contributed by atoms with Crippen molar-refractivity contribution in [1.29, 1.82) is 0 Å². The fourth-order valence-corrected chi connectivity index (χ4v) is 1.83. The van der Waals surface area contributed by atoms with Gasteiger partial charge in [-0.1, -0.05) is 0 Å². The minimum absolute atomic E-state index is 0.161. The number of carbonyl (C=O) groups excluding carboxylic acids is 1. The summed E-state index contributed by atoms with van der Waals surface area (Å²) in [7, 11) is 0. The number of fused-ring (bicyclic) bond motifs is 1. The van der Waals surface area contributed by atoms with Gasteiger partial charge in [-0.2, -0.15) is 0 Å². The van der Waals surface area contributed by atoms with Gasteiger partial charge in [0.1, 0.15) is 5.75 Å². The summed E-state index contributed by atoms with van der Waals surface area (Å²) in [5, 5.41) is 9.76. The van der Waals surface area contributed by atoms with E-state index in [2.05, 4.69) is 0 Å². The summed E-state index contributed by atoms with van der Waals surface area (Å²) in [6.07, 6.45) is 1.24. The molecular formula is C11H12O2. The number of ketones is 1. The third kappa shape index (κ3) is 1.05. The van der Waals surface area contributed by atoms with Crippen molar-refractivity contribution in [2.75, 3.05) is 0 Å². The minimum atomic E-state index is 0.161. The molecule has 1 N–H and O–H groups in total. The molecule has 0 bridgehead atoms. The molecule has 2 nitrogen and oxygen atoms in total. The topological polar surface area (TPSA) is 37.3 Å². The van der Waals surface area contributed by atoms with Gasteiger partial charge in [0.2, 0.25) is 0 Å². The van der Waals surface area contributed by atoms with Crippen LogP contribution in [0.15, 0.2) is 6.07 Å². The van der Waals surface area contributed by atoms with Crippen molar-refractivity contribution in [2.45, 2.75) is 26.7 Å². The van der Waals surface area contributed by atoms with Gasteiger partial charge in [0.15, 0.2) is 5.78 Å². The van der Waals surface area contributed by atoms with Crippen molar-refractivity contribution in [3.05, 3.63) is 28.3 Å². The van der Waals surface area contributed by atoms with Gasteiger partial charge >= 0.3 is 0 Å². The maximum Gasteiger partial charge on any atom is 0.163 e. The second kappa shape index (κ2) is 2.59. The lowest BCUT2D eigenvalue weighted by Gasteiger charge is -2.08. The summed E-state index contributed by atoms with van der Waals surface area (Å²) in [6, 6.07) is 1.89. The number of hydrogen-bond donors (Lipinski definition) is 1. The maximum atomic E-state index is 11.4. The number of benzene rings is 1. The summed E-state index contributed by atoms with van der Waals surface area (Å²) in [5.74, 6) is 0.481. The first kappa shape index (κ1) is 8.30. The van der Waals surface area contributed by atoms with Crippen LogP contribution in [0.3, 0.4) is 0 Å². The van der Waals surface area contributed by atoms with Crippen LogP contribution in [0.5, 0.6) is 5.75 Å². The molecule has 0 saturated carbocycles. The first-order valence-corrected chi connectivity index (χ1v) is 4.46. The van der Waals surface area contributed by atoms with Gasteiger partial charge in [-0.25, -0.2) is 0 Å². The molecule has 1 aliphatic rings. The van der Waals surface area contributed by atoms with E-state index in [4.69, 9.17) is 0 Å². The van der Waals surface area contributed by atoms with Crippen LogP contribution in [0.4, 0.5) is 0 Å². The molecule has 2 heteroatoms. The SMILES string of the molecule is Cc1cc2c(c(O)c1C)CCC2=O. The molecular weight excluding hydrogens is 164 g/mol. The number of phenols is 1. The first-order chi connectivity index (χ1) is 6.11. The molecule has 0 radical (unpaired) electrons. The molecule has 0 atom stereocenters. The Balaban J connectivity index is 2.74. The van der Waals surface area contributed by atoms with Gasteiger partial charge in [0, 0.05) is 17.5 Å². The Bertz CT molecular complexity index is 392. The van der Waals surface area contributed by atoms with E-state index in [1.54, 1.807) is 0 Å². The van der Waals surface area contributed by atoms with Crippen molar-refractivity contribution < 1.29 is 9.90 Å². The van der Waals surface area contributed by atoms with E-state index in [9.17, 15) is 9.90 Å². The summed E-state index contributed by atoms with van der Waals surface area (Å²) in [4.78, 5) is 11.4. The molecule has 0 unspecified atom stereocenters. The standard InChI is InChI=1S/C11H12O2/c1-6-5-9-8(3-4-10(9)12)11(13)7(6)2/h5,13H,3-4H2,1-2H3. The fraction of sp³-hybridized carbons (Fsp3) is 0.364. The third-order valence-electron chi connectivity index (χ3n) is 2.82. The molecule has 0 aromatic heterocycles. The zero-order chi connectivity index (χ0) is 9.59. The predicted molar refractivity (Wildman–Crippen MR) is 50.2 cm³/mol. The molecule has 1 aromatic carbocycles. The van der Waals surface area contributed by atoms with E-state index in [-0.39, 0.29) is 5.78 Å². The maximum absolute atomic E-state index is 11.4. The lowest BCUT2D eigenvalue weighted by molar-refractivity contribution is 0.0994. The van der Waals surface area contributed by atoms with Crippen molar-refractivity contribution in [3.63, 3.8) is 0 Å². The summed E-state index contributed by atoms with van der Waals surface area (Å²) >= 11 is 0. The number of phenolic OH excluding ortho intramolecular Hbond substituents is 1. The van der Waals surface area contributed by atoms with E-state index in [1.807, 2.05) is 19.9 Å². The molecule has 0 aliphatic heterocycles. The molecule has 0 heterocycles. The van der Waals surface area contributed by atoms with Crippen LogP contribution in [-0.4, -0.2) is 10.9 Å². The van der Waals surface area contributed by atoms with Crippen molar-refractivity contribution in [1.82, 2.24) is 0 Å². The highest BCUT2D eigenvalue weighted by molar-refractivity contribution is 6.01. The van der Waals surface area contributed by atoms with Gasteiger partial charge in [-0.15, -0.1) is 0 Å². The summed E-state index contributed by atoms with van der Waals surface area (Å²) < 4.78 is 0.